The molecule has 0 aliphatic carbocycles. The van der Waals surface area contributed by atoms with Gasteiger partial charge >= 0.3 is 5.69 Å². The molecule has 0 fully saturated rings. The van der Waals surface area contributed by atoms with Crippen molar-refractivity contribution in [2.75, 3.05) is 11.9 Å². The molecule has 80 valence electrons. The quantitative estimate of drug-likeness (QED) is 0.611. The number of nitrogens with two attached hydrogens (primary N) is 1. The predicted octanol–water partition coefficient (Wildman–Crippen LogP) is -0.823. The first kappa shape index (κ1) is 9.66. The summed E-state index contributed by atoms with van der Waals surface area (Å²) in [5, 5.41) is 13.1. The minimum Gasteiger partial charge on any atom is -0.367 e. The van der Waals surface area contributed by atoms with Crippen LogP contribution >= 0.6 is 0 Å². The summed E-state index contributed by atoms with van der Waals surface area (Å²) in [7, 11) is 0. The Bertz CT molecular complexity index is 513. The van der Waals surface area contributed by atoms with Gasteiger partial charge in [-0.05, 0) is 19.1 Å². The Kier molecular flexibility index (Phi) is 2.38. The van der Waals surface area contributed by atoms with Gasteiger partial charge in [0, 0.05) is 12.6 Å². The van der Waals surface area contributed by atoms with Crippen molar-refractivity contribution in [2.24, 2.45) is 5.73 Å². The zero-order valence-corrected chi connectivity index (χ0v) is 8.27. The summed E-state index contributed by atoms with van der Waals surface area (Å²) < 4.78 is 1.20. The maximum absolute atomic E-state index is 11.2. The van der Waals surface area contributed by atoms with Crippen molar-refractivity contribution in [3.8, 4) is 0 Å². The summed E-state index contributed by atoms with van der Waals surface area (Å²) in [6.07, 6.45) is 0. The molecule has 0 radical (unpaired) electrons. The second-order valence-corrected chi connectivity index (χ2v) is 3.38. The Morgan fingerprint density at radius 2 is 2.47 bits per heavy atom. The van der Waals surface area contributed by atoms with Crippen LogP contribution in [-0.4, -0.2) is 32.4 Å². The minimum atomic E-state index is -0.352. The van der Waals surface area contributed by atoms with Crippen LogP contribution in [0.3, 0.4) is 0 Å². The highest BCUT2D eigenvalue weighted by Gasteiger charge is 2.02. The first-order valence-corrected chi connectivity index (χ1v) is 4.61. The van der Waals surface area contributed by atoms with Crippen molar-refractivity contribution in [3.63, 3.8) is 0 Å². The van der Waals surface area contributed by atoms with Gasteiger partial charge in [0.25, 0.3) is 0 Å². The molecule has 0 saturated heterocycles. The van der Waals surface area contributed by atoms with Gasteiger partial charge in [0.2, 0.25) is 0 Å². The van der Waals surface area contributed by atoms with E-state index in [4.69, 9.17) is 5.73 Å². The zero-order chi connectivity index (χ0) is 10.8. The Morgan fingerprint density at radius 1 is 1.67 bits per heavy atom. The molecule has 0 aromatic carbocycles. The number of H-pyrrole nitrogens is 1. The lowest BCUT2D eigenvalue weighted by atomic mass is 10.3. The number of rotatable bonds is 3. The molecule has 0 bridgehead atoms. The average molecular weight is 208 g/mol. The fourth-order valence-electron chi connectivity index (χ4n) is 1.16. The van der Waals surface area contributed by atoms with Crippen molar-refractivity contribution in [1.29, 1.82) is 0 Å². The molecule has 2 rings (SSSR count). The molecule has 4 N–H and O–H groups in total. The molecule has 0 spiro atoms. The second-order valence-electron chi connectivity index (χ2n) is 3.38. The average Bonchev–Trinajstić information content (AvgIpc) is 2.57. The van der Waals surface area contributed by atoms with E-state index in [0.29, 0.717) is 18.0 Å². The van der Waals surface area contributed by atoms with Gasteiger partial charge in [0.1, 0.15) is 5.82 Å². The number of hydrogen-bond acceptors (Lipinski definition) is 5. The molecule has 2 aromatic rings. The standard InChI is InChI=1S/C8H12N6O/c1-5(9)4-10-6-2-3-7-11-12-8(15)14(7)13-6/h2-3,5H,4,9H2,1H3,(H,10,13)(H,12,15). The molecule has 1 atom stereocenters. The topological polar surface area (TPSA) is 101 Å². The van der Waals surface area contributed by atoms with Gasteiger partial charge in [-0.25, -0.2) is 9.89 Å². The van der Waals surface area contributed by atoms with Gasteiger partial charge in [-0.3, -0.25) is 0 Å². The van der Waals surface area contributed by atoms with E-state index in [1.54, 1.807) is 12.1 Å². The molecule has 7 heteroatoms. The van der Waals surface area contributed by atoms with E-state index in [9.17, 15) is 4.79 Å². The number of aromatic nitrogens is 4. The van der Waals surface area contributed by atoms with Gasteiger partial charge in [-0.15, -0.1) is 5.10 Å². The zero-order valence-electron chi connectivity index (χ0n) is 8.27. The lowest BCUT2D eigenvalue weighted by Gasteiger charge is -2.07. The molecule has 0 amide bonds. The Hall–Kier alpha value is -1.89. The number of nitrogens with one attached hydrogen (secondary N) is 2. The lowest BCUT2D eigenvalue weighted by molar-refractivity contribution is 0.770. The molecular formula is C8H12N6O. The van der Waals surface area contributed by atoms with Gasteiger partial charge < -0.3 is 11.1 Å². The van der Waals surface area contributed by atoms with E-state index in [0.717, 1.165) is 0 Å². The molecule has 0 aliphatic rings. The number of fused-ring (bicyclic) bond motifs is 1. The fraction of sp³-hybridized carbons (Fsp3) is 0.375. The maximum Gasteiger partial charge on any atom is 0.364 e. The summed E-state index contributed by atoms with van der Waals surface area (Å²) in [6, 6.07) is 3.48. The molecule has 0 saturated carbocycles. The molecule has 2 aromatic heterocycles. The van der Waals surface area contributed by atoms with Crippen molar-refractivity contribution < 1.29 is 0 Å². The fourth-order valence-corrected chi connectivity index (χ4v) is 1.16. The van der Waals surface area contributed by atoms with E-state index < -0.39 is 0 Å². The summed E-state index contributed by atoms with van der Waals surface area (Å²) >= 11 is 0. The van der Waals surface area contributed by atoms with Crippen LogP contribution in [0.2, 0.25) is 0 Å². The Morgan fingerprint density at radius 3 is 3.20 bits per heavy atom. The Labute approximate surface area is 85.3 Å². The third kappa shape index (κ3) is 1.96. The molecule has 1 unspecified atom stereocenters. The van der Waals surface area contributed by atoms with Crippen LogP contribution in [0.4, 0.5) is 5.82 Å². The van der Waals surface area contributed by atoms with Gasteiger partial charge in [-0.2, -0.15) is 9.61 Å². The van der Waals surface area contributed by atoms with Crippen LogP contribution < -0.4 is 16.7 Å². The monoisotopic (exact) mass is 208 g/mol. The summed E-state index contributed by atoms with van der Waals surface area (Å²) in [6.45, 7) is 2.49. The third-order valence-electron chi connectivity index (χ3n) is 1.88. The first-order valence-electron chi connectivity index (χ1n) is 4.61. The van der Waals surface area contributed by atoms with E-state index in [1.165, 1.54) is 4.52 Å². The van der Waals surface area contributed by atoms with Crippen LogP contribution in [0, 0.1) is 0 Å². The van der Waals surface area contributed by atoms with Gasteiger partial charge in [0.05, 0.1) is 0 Å². The van der Waals surface area contributed by atoms with E-state index in [-0.39, 0.29) is 11.7 Å². The molecular weight excluding hydrogens is 196 g/mol. The molecule has 15 heavy (non-hydrogen) atoms. The SMILES string of the molecule is CC(N)CNc1ccc2n[nH]c(=O)n2n1. The Balaban J connectivity index is 2.29. The highest BCUT2D eigenvalue weighted by Crippen LogP contribution is 2.02. The summed E-state index contributed by atoms with van der Waals surface area (Å²) in [4.78, 5) is 11.2. The predicted molar refractivity (Wildman–Crippen MR) is 55.7 cm³/mol. The number of hydrogen-bond donors (Lipinski definition) is 3. The third-order valence-corrected chi connectivity index (χ3v) is 1.88. The minimum absolute atomic E-state index is 0.0311. The number of aromatic amines is 1. The van der Waals surface area contributed by atoms with Crippen molar-refractivity contribution >= 4 is 11.5 Å². The van der Waals surface area contributed by atoms with Crippen LogP contribution in [0.15, 0.2) is 16.9 Å². The van der Waals surface area contributed by atoms with E-state index in [1.807, 2.05) is 6.92 Å². The molecule has 2 heterocycles. The number of anilines is 1. The number of nitrogens with zero attached hydrogens (tertiary/aromatic N) is 3. The van der Waals surface area contributed by atoms with E-state index >= 15 is 0 Å². The second kappa shape index (κ2) is 3.70. The summed E-state index contributed by atoms with van der Waals surface area (Å²) in [5.41, 5.74) is 5.73. The van der Waals surface area contributed by atoms with Gasteiger partial charge in [-0.1, -0.05) is 0 Å². The largest absolute Gasteiger partial charge is 0.367 e. The highest BCUT2D eigenvalue weighted by molar-refractivity contribution is 5.42. The molecule has 0 aliphatic heterocycles. The van der Waals surface area contributed by atoms with Crippen LogP contribution in [0.5, 0.6) is 0 Å². The van der Waals surface area contributed by atoms with Crippen molar-refractivity contribution in [2.45, 2.75) is 13.0 Å². The van der Waals surface area contributed by atoms with Crippen molar-refractivity contribution in [1.82, 2.24) is 19.8 Å². The normalized spacial score (nSPS) is 12.9. The summed E-state index contributed by atoms with van der Waals surface area (Å²) in [5.74, 6) is 0.600. The van der Waals surface area contributed by atoms with Crippen LogP contribution in [0.25, 0.3) is 5.65 Å². The maximum atomic E-state index is 11.2. The first-order chi connectivity index (χ1) is 7.16. The smallest absolute Gasteiger partial charge is 0.364 e. The van der Waals surface area contributed by atoms with Crippen LogP contribution in [-0.2, 0) is 0 Å². The van der Waals surface area contributed by atoms with Crippen molar-refractivity contribution in [3.05, 3.63) is 22.6 Å². The van der Waals surface area contributed by atoms with E-state index in [2.05, 4.69) is 20.6 Å². The molecule has 7 nitrogen and oxygen atoms in total. The highest BCUT2D eigenvalue weighted by atomic mass is 16.2. The van der Waals surface area contributed by atoms with Gasteiger partial charge in [0.15, 0.2) is 5.65 Å². The lowest BCUT2D eigenvalue weighted by Crippen LogP contribution is -2.26. The van der Waals surface area contributed by atoms with Crippen LogP contribution in [0.1, 0.15) is 6.92 Å².